The zero-order chi connectivity index (χ0) is 13.2. The fourth-order valence-electron chi connectivity index (χ4n) is 1.51. The number of pyridine rings is 1. The molecule has 0 radical (unpaired) electrons. The van der Waals surface area contributed by atoms with E-state index >= 15 is 0 Å². The minimum absolute atomic E-state index is 0.117. The van der Waals surface area contributed by atoms with Gasteiger partial charge >= 0.3 is 0 Å². The standard InChI is InChI=1S/C12H18N2O3/c1-7(2)11(15)13-6-10-8(3)5-9(4)14(17)12(10)16/h5,7,17H,6H2,1-4H3,(H,13,15). The van der Waals surface area contributed by atoms with E-state index in [2.05, 4.69) is 5.32 Å². The van der Waals surface area contributed by atoms with Crippen LogP contribution >= 0.6 is 0 Å². The van der Waals surface area contributed by atoms with Crippen molar-refractivity contribution < 1.29 is 10.0 Å². The lowest BCUT2D eigenvalue weighted by Crippen LogP contribution is -2.33. The summed E-state index contributed by atoms with van der Waals surface area (Å²) >= 11 is 0. The van der Waals surface area contributed by atoms with E-state index in [-0.39, 0.29) is 18.4 Å². The fourth-order valence-corrected chi connectivity index (χ4v) is 1.51. The summed E-state index contributed by atoms with van der Waals surface area (Å²) in [4.78, 5) is 23.2. The van der Waals surface area contributed by atoms with E-state index < -0.39 is 5.56 Å². The van der Waals surface area contributed by atoms with Crippen LogP contribution in [0.25, 0.3) is 0 Å². The second-order valence-corrected chi connectivity index (χ2v) is 4.44. The molecule has 0 aromatic carbocycles. The molecule has 0 bridgehead atoms. The Morgan fingerprint density at radius 3 is 2.59 bits per heavy atom. The van der Waals surface area contributed by atoms with Crippen molar-refractivity contribution in [2.24, 2.45) is 5.92 Å². The SMILES string of the molecule is Cc1cc(C)n(O)c(=O)c1CNC(=O)C(C)C. The summed E-state index contributed by atoms with van der Waals surface area (Å²) in [5.41, 5.74) is 1.17. The van der Waals surface area contributed by atoms with Crippen LogP contribution in [0.1, 0.15) is 30.7 Å². The van der Waals surface area contributed by atoms with Crippen LogP contribution in [0.3, 0.4) is 0 Å². The second kappa shape index (κ2) is 5.03. The maximum atomic E-state index is 11.8. The summed E-state index contributed by atoms with van der Waals surface area (Å²) in [5, 5.41) is 12.1. The van der Waals surface area contributed by atoms with Crippen LogP contribution < -0.4 is 10.9 Å². The topological polar surface area (TPSA) is 71.3 Å². The van der Waals surface area contributed by atoms with Crippen molar-refractivity contribution in [2.75, 3.05) is 0 Å². The van der Waals surface area contributed by atoms with Gasteiger partial charge in [0.25, 0.3) is 5.56 Å². The number of hydrogen-bond acceptors (Lipinski definition) is 3. The van der Waals surface area contributed by atoms with Crippen molar-refractivity contribution >= 4 is 5.91 Å². The lowest BCUT2D eigenvalue weighted by molar-refractivity contribution is -0.124. The van der Waals surface area contributed by atoms with E-state index in [1.54, 1.807) is 33.8 Å². The Balaban J connectivity index is 2.97. The van der Waals surface area contributed by atoms with Crippen LogP contribution in [0.4, 0.5) is 0 Å². The van der Waals surface area contributed by atoms with Crippen LogP contribution in [0, 0.1) is 19.8 Å². The van der Waals surface area contributed by atoms with Gasteiger partial charge in [0.15, 0.2) is 0 Å². The summed E-state index contributed by atoms with van der Waals surface area (Å²) in [6.07, 6.45) is 0. The molecule has 2 N–H and O–H groups in total. The van der Waals surface area contributed by atoms with Crippen molar-refractivity contribution in [1.29, 1.82) is 0 Å². The van der Waals surface area contributed by atoms with E-state index in [4.69, 9.17) is 0 Å². The quantitative estimate of drug-likeness (QED) is 0.771. The molecule has 0 unspecified atom stereocenters. The van der Waals surface area contributed by atoms with E-state index in [1.807, 2.05) is 0 Å². The first-order chi connectivity index (χ1) is 7.84. The van der Waals surface area contributed by atoms with Crippen molar-refractivity contribution in [3.05, 3.63) is 33.2 Å². The van der Waals surface area contributed by atoms with Crippen LogP contribution in [-0.4, -0.2) is 15.8 Å². The molecule has 17 heavy (non-hydrogen) atoms. The van der Waals surface area contributed by atoms with Crippen LogP contribution in [-0.2, 0) is 11.3 Å². The first-order valence-electron chi connectivity index (χ1n) is 5.53. The van der Waals surface area contributed by atoms with Crippen LogP contribution in [0.5, 0.6) is 0 Å². The lowest BCUT2D eigenvalue weighted by Gasteiger charge is -2.11. The monoisotopic (exact) mass is 238 g/mol. The average Bonchev–Trinajstić information content (AvgIpc) is 2.25. The van der Waals surface area contributed by atoms with Crippen molar-refractivity contribution in [1.82, 2.24) is 10.0 Å². The lowest BCUT2D eigenvalue weighted by atomic mass is 10.1. The number of amides is 1. The summed E-state index contributed by atoms with van der Waals surface area (Å²) in [6.45, 7) is 7.13. The van der Waals surface area contributed by atoms with E-state index in [1.165, 1.54) is 0 Å². The van der Waals surface area contributed by atoms with Gasteiger partial charge < -0.3 is 10.5 Å². The highest BCUT2D eigenvalue weighted by Gasteiger charge is 2.12. The molecule has 0 spiro atoms. The number of nitrogens with zero attached hydrogens (tertiary/aromatic N) is 1. The molecule has 0 aliphatic carbocycles. The predicted molar refractivity (Wildman–Crippen MR) is 64.0 cm³/mol. The molecule has 0 saturated carbocycles. The molecule has 0 aliphatic heterocycles. The van der Waals surface area contributed by atoms with Gasteiger partial charge in [0.1, 0.15) is 0 Å². The molecule has 1 amide bonds. The molecule has 0 atom stereocenters. The second-order valence-electron chi connectivity index (χ2n) is 4.44. The van der Waals surface area contributed by atoms with Gasteiger partial charge in [-0.15, -0.1) is 0 Å². The Morgan fingerprint density at radius 1 is 1.47 bits per heavy atom. The Bertz CT molecular complexity index is 489. The number of hydrogen-bond donors (Lipinski definition) is 2. The third-order valence-corrected chi connectivity index (χ3v) is 2.65. The molecule has 5 heteroatoms. The summed E-state index contributed by atoms with van der Waals surface area (Å²) in [6, 6.07) is 1.71. The minimum atomic E-state index is -0.480. The van der Waals surface area contributed by atoms with Crippen molar-refractivity contribution in [2.45, 2.75) is 34.2 Å². The van der Waals surface area contributed by atoms with Gasteiger partial charge in [0, 0.05) is 18.0 Å². The van der Waals surface area contributed by atoms with Gasteiger partial charge in [-0.05, 0) is 25.5 Å². The van der Waals surface area contributed by atoms with E-state index in [0.29, 0.717) is 16.0 Å². The maximum absolute atomic E-state index is 11.8. The highest BCUT2D eigenvalue weighted by molar-refractivity contribution is 5.77. The van der Waals surface area contributed by atoms with Gasteiger partial charge in [0.2, 0.25) is 5.91 Å². The Labute approximate surface area is 100 Å². The largest absolute Gasteiger partial charge is 0.425 e. The fraction of sp³-hybridized carbons (Fsp3) is 0.500. The molecule has 0 fully saturated rings. The molecule has 94 valence electrons. The Kier molecular flexibility index (Phi) is 3.93. The smallest absolute Gasteiger partial charge is 0.288 e. The Hall–Kier alpha value is -1.78. The number of aryl methyl sites for hydroxylation is 2. The van der Waals surface area contributed by atoms with Crippen LogP contribution in [0.15, 0.2) is 10.9 Å². The molecule has 1 rings (SSSR count). The van der Waals surface area contributed by atoms with E-state index in [0.717, 1.165) is 5.56 Å². The van der Waals surface area contributed by atoms with Crippen molar-refractivity contribution in [3.8, 4) is 0 Å². The molecule has 5 nitrogen and oxygen atoms in total. The first-order valence-corrected chi connectivity index (χ1v) is 5.53. The zero-order valence-electron chi connectivity index (χ0n) is 10.6. The molecular weight excluding hydrogens is 220 g/mol. The van der Waals surface area contributed by atoms with Gasteiger partial charge in [-0.1, -0.05) is 13.8 Å². The molecule has 1 heterocycles. The van der Waals surface area contributed by atoms with Gasteiger partial charge in [-0.25, -0.2) is 0 Å². The summed E-state index contributed by atoms with van der Waals surface area (Å²) < 4.78 is 0.601. The Morgan fingerprint density at radius 2 is 2.06 bits per heavy atom. The summed E-state index contributed by atoms with van der Waals surface area (Å²) in [5.74, 6) is -0.244. The predicted octanol–water partition coefficient (Wildman–Crippen LogP) is 0.975. The third kappa shape index (κ3) is 2.87. The number of nitrogens with one attached hydrogen (secondary N) is 1. The third-order valence-electron chi connectivity index (χ3n) is 2.65. The molecule has 0 aliphatic rings. The summed E-state index contributed by atoms with van der Waals surface area (Å²) in [7, 11) is 0. The van der Waals surface area contributed by atoms with Gasteiger partial charge in [-0.2, -0.15) is 4.73 Å². The maximum Gasteiger partial charge on any atom is 0.288 e. The molecule has 0 saturated heterocycles. The average molecular weight is 238 g/mol. The highest BCUT2D eigenvalue weighted by Crippen LogP contribution is 2.05. The molecule has 1 aromatic heterocycles. The van der Waals surface area contributed by atoms with Gasteiger partial charge in [0.05, 0.1) is 5.69 Å². The van der Waals surface area contributed by atoms with Crippen molar-refractivity contribution in [3.63, 3.8) is 0 Å². The number of aromatic nitrogens is 1. The van der Waals surface area contributed by atoms with E-state index in [9.17, 15) is 14.8 Å². The number of carbonyl (C=O) groups is 1. The van der Waals surface area contributed by atoms with Gasteiger partial charge in [-0.3, -0.25) is 9.59 Å². The number of carbonyl (C=O) groups excluding carboxylic acids is 1. The zero-order valence-corrected chi connectivity index (χ0v) is 10.6. The first kappa shape index (κ1) is 13.3. The van der Waals surface area contributed by atoms with Crippen LogP contribution in [0.2, 0.25) is 0 Å². The molecule has 1 aromatic rings. The number of rotatable bonds is 3. The molecular formula is C12H18N2O3. The minimum Gasteiger partial charge on any atom is -0.425 e. The highest BCUT2D eigenvalue weighted by atomic mass is 16.5. The normalized spacial score (nSPS) is 10.6.